The van der Waals surface area contributed by atoms with Crippen molar-refractivity contribution in [1.29, 1.82) is 0 Å². The van der Waals surface area contributed by atoms with Gasteiger partial charge in [0.1, 0.15) is 5.82 Å². The molecule has 3 rings (SSSR count). The quantitative estimate of drug-likeness (QED) is 0.724. The molecule has 0 spiro atoms. The number of halogens is 2. The Morgan fingerprint density at radius 1 is 1.44 bits per heavy atom. The van der Waals surface area contributed by atoms with Crippen LogP contribution in [0.4, 0.5) is 0 Å². The summed E-state index contributed by atoms with van der Waals surface area (Å²) in [6.07, 6.45) is 0. The number of rotatable bonds is 1. The van der Waals surface area contributed by atoms with Crippen LogP contribution in [0, 0.1) is 3.57 Å². The van der Waals surface area contributed by atoms with E-state index in [2.05, 4.69) is 83.7 Å². The zero-order valence-corrected chi connectivity index (χ0v) is 13.6. The number of benzene rings is 1. The monoisotopic (exact) mass is 418 g/mol. The van der Waals surface area contributed by atoms with Gasteiger partial charge in [0.05, 0.1) is 6.04 Å². The van der Waals surface area contributed by atoms with Gasteiger partial charge in [-0.3, -0.25) is 0 Å². The summed E-state index contributed by atoms with van der Waals surface area (Å²) in [5.74, 6) is 1.96. The maximum absolute atomic E-state index is 4.36. The maximum atomic E-state index is 4.36. The number of hydrogen-bond acceptors (Lipinski definition) is 3. The Morgan fingerprint density at radius 3 is 3.11 bits per heavy atom. The van der Waals surface area contributed by atoms with Crippen molar-refractivity contribution in [2.75, 3.05) is 6.54 Å². The molecule has 0 bridgehead atoms. The predicted molar refractivity (Wildman–Crippen MR) is 82.3 cm³/mol. The lowest BCUT2D eigenvalue weighted by molar-refractivity contribution is 0.439. The summed E-state index contributed by atoms with van der Waals surface area (Å²) in [7, 11) is 0. The van der Waals surface area contributed by atoms with Crippen molar-refractivity contribution >= 4 is 38.5 Å². The summed E-state index contributed by atoms with van der Waals surface area (Å²) in [5, 5.41) is 12.1. The minimum atomic E-state index is 0.265. The molecule has 0 saturated carbocycles. The molecule has 1 N–H and O–H groups in total. The minimum Gasteiger partial charge on any atom is -0.308 e. The smallest absolute Gasteiger partial charge is 0.165 e. The van der Waals surface area contributed by atoms with E-state index in [0.29, 0.717) is 0 Å². The highest BCUT2D eigenvalue weighted by Gasteiger charge is 2.22. The van der Waals surface area contributed by atoms with E-state index in [0.717, 1.165) is 34.8 Å². The number of fused-ring (bicyclic) bond motifs is 1. The molecule has 1 aromatic carbocycles. The third-order valence-corrected chi connectivity index (χ3v) is 4.48. The molecule has 1 aromatic heterocycles. The number of nitrogens with zero attached hydrogens (tertiary/aromatic N) is 3. The minimum absolute atomic E-state index is 0.265. The van der Waals surface area contributed by atoms with Crippen LogP contribution in [0.5, 0.6) is 0 Å². The van der Waals surface area contributed by atoms with Crippen molar-refractivity contribution in [1.82, 2.24) is 20.1 Å². The van der Waals surface area contributed by atoms with Crippen molar-refractivity contribution in [2.24, 2.45) is 0 Å². The first-order valence-corrected chi connectivity index (χ1v) is 7.66. The van der Waals surface area contributed by atoms with Gasteiger partial charge in [0.15, 0.2) is 5.82 Å². The molecule has 6 heteroatoms. The van der Waals surface area contributed by atoms with Gasteiger partial charge in [-0.05, 0) is 47.7 Å². The molecule has 0 radical (unpaired) electrons. The first-order chi connectivity index (χ1) is 8.66. The molecule has 2 heterocycles. The van der Waals surface area contributed by atoms with Crippen molar-refractivity contribution in [3.63, 3.8) is 0 Å². The van der Waals surface area contributed by atoms with Crippen molar-refractivity contribution in [2.45, 2.75) is 19.5 Å². The van der Waals surface area contributed by atoms with Gasteiger partial charge in [0, 0.05) is 26.7 Å². The highest BCUT2D eigenvalue weighted by atomic mass is 127. The van der Waals surface area contributed by atoms with Crippen LogP contribution >= 0.6 is 38.5 Å². The lowest BCUT2D eigenvalue weighted by atomic mass is 10.2. The second kappa shape index (κ2) is 4.90. The summed E-state index contributed by atoms with van der Waals surface area (Å²) < 4.78 is 4.46. The largest absolute Gasteiger partial charge is 0.308 e. The number of hydrogen-bond donors (Lipinski definition) is 1. The Balaban J connectivity index is 2.15. The number of aromatic nitrogens is 3. The second-order valence-corrected chi connectivity index (χ2v) is 6.43. The van der Waals surface area contributed by atoms with Crippen LogP contribution in [0.3, 0.4) is 0 Å². The van der Waals surface area contributed by atoms with E-state index in [-0.39, 0.29) is 6.04 Å². The topological polar surface area (TPSA) is 42.7 Å². The van der Waals surface area contributed by atoms with Gasteiger partial charge < -0.3 is 9.88 Å². The zero-order valence-electron chi connectivity index (χ0n) is 9.82. The first kappa shape index (κ1) is 12.6. The molecule has 18 heavy (non-hydrogen) atoms. The van der Waals surface area contributed by atoms with E-state index in [1.165, 1.54) is 3.57 Å². The SMILES string of the molecule is CC1NCCn2c(-c3cc(I)ccc3Br)nnc21. The average molecular weight is 419 g/mol. The van der Waals surface area contributed by atoms with Crippen LogP contribution in [-0.4, -0.2) is 21.3 Å². The third kappa shape index (κ3) is 2.10. The Bertz CT molecular complexity index is 596. The summed E-state index contributed by atoms with van der Waals surface area (Å²) in [4.78, 5) is 0. The molecule has 0 saturated heterocycles. The van der Waals surface area contributed by atoms with Crippen LogP contribution in [0.1, 0.15) is 18.8 Å². The fourth-order valence-electron chi connectivity index (χ4n) is 2.21. The maximum Gasteiger partial charge on any atom is 0.165 e. The van der Waals surface area contributed by atoms with E-state index >= 15 is 0 Å². The Morgan fingerprint density at radius 2 is 2.28 bits per heavy atom. The Labute approximate surface area is 127 Å². The highest BCUT2D eigenvalue weighted by Crippen LogP contribution is 2.30. The molecule has 0 fully saturated rings. The second-order valence-electron chi connectivity index (χ2n) is 4.33. The zero-order chi connectivity index (χ0) is 12.7. The summed E-state index contributed by atoms with van der Waals surface area (Å²) in [5.41, 5.74) is 1.11. The van der Waals surface area contributed by atoms with Gasteiger partial charge in [-0.25, -0.2) is 0 Å². The molecule has 0 aliphatic carbocycles. The van der Waals surface area contributed by atoms with E-state index in [1.54, 1.807) is 0 Å². The molecule has 1 aliphatic rings. The molecular weight excluding hydrogens is 407 g/mol. The van der Waals surface area contributed by atoms with Gasteiger partial charge in [-0.1, -0.05) is 15.9 Å². The molecule has 4 nitrogen and oxygen atoms in total. The van der Waals surface area contributed by atoms with Gasteiger partial charge in [0.25, 0.3) is 0 Å². The lowest BCUT2D eigenvalue weighted by Gasteiger charge is -2.22. The van der Waals surface area contributed by atoms with Gasteiger partial charge in [0.2, 0.25) is 0 Å². The molecular formula is C12H12BrIN4. The van der Waals surface area contributed by atoms with Crippen LogP contribution in [0.2, 0.25) is 0 Å². The fourth-order valence-corrected chi connectivity index (χ4v) is 3.12. The van der Waals surface area contributed by atoms with E-state index in [4.69, 9.17) is 0 Å². The third-order valence-electron chi connectivity index (χ3n) is 3.12. The highest BCUT2D eigenvalue weighted by molar-refractivity contribution is 14.1. The van der Waals surface area contributed by atoms with Crippen molar-refractivity contribution in [3.05, 3.63) is 32.1 Å². The standard InChI is InChI=1S/C12H12BrIN4/c1-7-11-16-17-12(18(11)5-4-15-7)9-6-8(14)2-3-10(9)13/h2-3,6-7,15H,4-5H2,1H3. The molecule has 1 unspecified atom stereocenters. The van der Waals surface area contributed by atoms with Crippen LogP contribution in [0.15, 0.2) is 22.7 Å². The Kier molecular flexibility index (Phi) is 3.42. The summed E-state index contributed by atoms with van der Waals surface area (Å²) >= 11 is 5.91. The fraction of sp³-hybridized carbons (Fsp3) is 0.333. The van der Waals surface area contributed by atoms with E-state index < -0.39 is 0 Å². The number of nitrogens with one attached hydrogen (secondary N) is 1. The van der Waals surface area contributed by atoms with Crippen LogP contribution < -0.4 is 5.32 Å². The average Bonchev–Trinajstić information content (AvgIpc) is 2.77. The van der Waals surface area contributed by atoms with E-state index in [9.17, 15) is 0 Å². The summed E-state index contributed by atoms with van der Waals surface area (Å²) in [6.45, 7) is 3.99. The molecule has 1 atom stereocenters. The lowest BCUT2D eigenvalue weighted by Crippen LogP contribution is -2.32. The van der Waals surface area contributed by atoms with E-state index in [1.807, 2.05) is 0 Å². The molecule has 1 aliphatic heterocycles. The summed E-state index contributed by atoms with van der Waals surface area (Å²) in [6, 6.07) is 6.53. The van der Waals surface area contributed by atoms with Crippen LogP contribution in [-0.2, 0) is 6.54 Å². The predicted octanol–water partition coefficient (Wildman–Crippen LogP) is 2.98. The molecule has 94 valence electrons. The normalized spacial score (nSPS) is 18.7. The Hall–Kier alpha value is -0.470. The van der Waals surface area contributed by atoms with Crippen molar-refractivity contribution < 1.29 is 0 Å². The van der Waals surface area contributed by atoms with Gasteiger partial charge >= 0.3 is 0 Å². The van der Waals surface area contributed by atoms with Gasteiger partial charge in [-0.15, -0.1) is 10.2 Å². The molecule has 2 aromatic rings. The molecule has 0 amide bonds. The van der Waals surface area contributed by atoms with Gasteiger partial charge in [-0.2, -0.15) is 0 Å². The van der Waals surface area contributed by atoms with Crippen molar-refractivity contribution in [3.8, 4) is 11.4 Å². The first-order valence-electron chi connectivity index (χ1n) is 5.78. The van der Waals surface area contributed by atoms with Crippen LogP contribution in [0.25, 0.3) is 11.4 Å².